The molecule has 1 heterocycles. The van der Waals surface area contributed by atoms with E-state index in [0.29, 0.717) is 17.4 Å². The molecule has 0 aromatic carbocycles. The van der Waals surface area contributed by atoms with Crippen LogP contribution in [0.5, 0.6) is 0 Å². The lowest BCUT2D eigenvalue weighted by molar-refractivity contribution is -0.103. The van der Waals surface area contributed by atoms with Crippen molar-refractivity contribution in [2.24, 2.45) is 0 Å². The van der Waals surface area contributed by atoms with Gasteiger partial charge >= 0.3 is 0 Å². The monoisotopic (exact) mass is 134 g/mol. The molecule has 10 heavy (non-hydrogen) atoms. The Kier molecular flexibility index (Phi) is 1.89. The molecule has 3 nitrogen and oxygen atoms in total. The summed E-state index contributed by atoms with van der Waals surface area (Å²) in [6.07, 6.45) is 5.17. The molecule has 1 aromatic heterocycles. The molecule has 0 spiro atoms. The van der Waals surface area contributed by atoms with Gasteiger partial charge in [0.2, 0.25) is 0 Å². The SMILES string of the molecule is C=C(C=O)c1cncnc1. The van der Waals surface area contributed by atoms with Gasteiger partial charge in [-0.3, -0.25) is 4.79 Å². The van der Waals surface area contributed by atoms with Gasteiger partial charge in [0.15, 0.2) is 0 Å². The highest BCUT2D eigenvalue weighted by molar-refractivity contribution is 6.05. The molecule has 0 saturated carbocycles. The number of aldehydes is 1. The maximum absolute atomic E-state index is 10.2. The van der Waals surface area contributed by atoms with Crippen molar-refractivity contribution in [3.63, 3.8) is 0 Å². The Morgan fingerprint density at radius 3 is 2.60 bits per heavy atom. The molecular formula is C7H6N2O. The van der Waals surface area contributed by atoms with Crippen molar-refractivity contribution in [3.8, 4) is 0 Å². The van der Waals surface area contributed by atoms with Crippen LogP contribution in [0.3, 0.4) is 0 Å². The Morgan fingerprint density at radius 2 is 2.10 bits per heavy atom. The smallest absolute Gasteiger partial charge is 0.150 e. The van der Waals surface area contributed by atoms with Gasteiger partial charge in [0, 0.05) is 23.5 Å². The molecule has 1 aromatic rings. The van der Waals surface area contributed by atoms with Gasteiger partial charge in [-0.05, 0) is 0 Å². The lowest BCUT2D eigenvalue weighted by atomic mass is 10.2. The van der Waals surface area contributed by atoms with E-state index in [9.17, 15) is 4.79 Å². The number of hydrogen-bond acceptors (Lipinski definition) is 3. The summed E-state index contributed by atoms with van der Waals surface area (Å²) >= 11 is 0. The summed E-state index contributed by atoms with van der Waals surface area (Å²) in [5.74, 6) is 0. The number of allylic oxidation sites excluding steroid dienone is 1. The molecule has 0 aliphatic carbocycles. The van der Waals surface area contributed by atoms with E-state index < -0.39 is 0 Å². The normalized spacial score (nSPS) is 8.80. The van der Waals surface area contributed by atoms with Crippen molar-refractivity contribution in [1.29, 1.82) is 0 Å². The molecule has 0 unspecified atom stereocenters. The van der Waals surface area contributed by atoms with Gasteiger partial charge in [-0.1, -0.05) is 6.58 Å². The van der Waals surface area contributed by atoms with Crippen LogP contribution in [0.4, 0.5) is 0 Å². The number of hydrogen-bond donors (Lipinski definition) is 0. The van der Waals surface area contributed by atoms with E-state index in [1.54, 1.807) is 12.4 Å². The number of carbonyl (C=O) groups is 1. The van der Waals surface area contributed by atoms with Gasteiger partial charge in [-0.15, -0.1) is 0 Å². The van der Waals surface area contributed by atoms with Crippen molar-refractivity contribution >= 4 is 11.9 Å². The summed E-state index contributed by atoms with van der Waals surface area (Å²) in [6, 6.07) is 0. The third-order valence-electron chi connectivity index (χ3n) is 1.07. The van der Waals surface area contributed by atoms with E-state index >= 15 is 0 Å². The molecule has 0 N–H and O–H groups in total. The standard InChI is InChI=1S/C7H6N2O/c1-6(4-10)7-2-8-5-9-3-7/h2-5H,1H2. The highest BCUT2D eigenvalue weighted by Gasteiger charge is 1.94. The summed E-state index contributed by atoms with van der Waals surface area (Å²) in [5.41, 5.74) is 1.07. The second-order valence-electron chi connectivity index (χ2n) is 1.77. The summed E-state index contributed by atoms with van der Waals surface area (Å²) in [7, 11) is 0. The van der Waals surface area contributed by atoms with Crippen LogP contribution >= 0.6 is 0 Å². The van der Waals surface area contributed by atoms with Crippen LogP contribution in [0.25, 0.3) is 5.57 Å². The minimum Gasteiger partial charge on any atom is -0.298 e. The first-order valence-corrected chi connectivity index (χ1v) is 2.74. The Morgan fingerprint density at radius 1 is 1.50 bits per heavy atom. The zero-order chi connectivity index (χ0) is 7.40. The van der Waals surface area contributed by atoms with Crippen molar-refractivity contribution in [3.05, 3.63) is 30.9 Å². The third kappa shape index (κ3) is 1.25. The van der Waals surface area contributed by atoms with Crippen molar-refractivity contribution < 1.29 is 4.79 Å². The molecule has 0 atom stereocenters. The number of carbonyl (C=O) groups excluding carboxylic acids is 1. The first-order chi connectivity index (χ1) is 4.84. The highest BCUT2D eigenvalue weighted by atomic mass is 16.1. The summed E-state index contributed by atoms with van der Waals surface area (Å²) in [5, 5.41) is 0. The fraction of sp³-hybridized carbons (Fsp3) is 0. The zero-order valence-corrected chi connectivity index (χ0v) is 5.32. The van der Waals surface area contributed by atoms with Gasteiger partial charge in [0.25, 0.3) is 0 Å². The minimum absolute atomic E-state index is 0.403. The number of nitrogens with zero attached hydrogens (tertiary/aromatic N) is 2. The lowest BCUT2D eigenvalue weighted by Gasteiger charge is -1.92. The molecule has 0 amide bonds. The highest BCUT2D eigenvalue weighted by Crippen LogP contribution is 2.03. The second-order valence-corrected chi connectivity index (χ2v) is 1.77. The van der Waals surface area contributed by atoms with Crippen LogP contribution in [0.15, 0.2) is 25.3 Å². The predicted molar refractivity (Wildman–Crippen MR) is 37.1 cm³/mol. The van der Waals surface area contributed by atoms with Crippen molar-refractivity contribution in [1.82, 2.24) is 9.97 Å². The summed E-state index contributed by atoms with van der Waals surface area (Å²) < 4.78 is 0. The quantitative estimate of drug-likeness (QED) is 0.441. The lowest BCUT2D eigenvalue weighted by Crippen LogP contribution is -1.85. The molecular weight excluding hydrogens is 128 g/mol. The number of rotatable bonds is 2. The number of aromatic nitrogens is 2. The molecule has 0 radical (unpaired) electrons. The maximum atomic E-state index is 10.2. The van der Waals surface area contributed by atoms with Crippen LogP contribution in [0.1, 0.15) is 5.56 Å². The van der Waals surface area contributed by atoms with E-state index in [1.165, 1.54) is 6.33 Å². The van der Waals surface area contributed by atoms with Gasteiger partial charge in [-0.25, -0.2) is 9.97 Å². The molecule has 0 aliphatic rings. The maximum Gasteiger partial charge on any atom is 0.150 e. The Balaban J connectivity index is 2.95. The molecule has 0 bridgehead atoms. The predicted octanol–water partition coefficient (Wildman–Crippen LogP) is 0.689. The molecule has 0 fully saturated rings. The van der Waals surface area contributed by atoms with Crippen LogP contribution in [-0.2, 0) is 4.79 Å². The molecule has 1 rings (SSSR count). The Bertz CT molecular complexity index is 243. The first-order valence-electron chi connectivity index (χ1n) is 2.74. The van der Waals surface area contributed by atoms with Crippen molar-refractivity contribution in [2.45, 2.75) is 0 Å². The summed E-state index contributed by atoms with van der Waals surface area (Å²) in [4.78, 5) is 17.6. The fourth-order valence-corrected chi connectivity index (χ4v) is 0.533. The van der Waals surface area contributed by atoms with E-state index in [4.69, 9.17) is 0 Å². The largest absolute Gasteiger partial charge is 0.298 e. The average molecular weight is 134 g/mol. The van der Waals surface area contributed by atoms with Gasteiger partial charge in [-0.2, -0.15) is 0 Å². The van der Waals surface area contributed by atoms with E-state index in [0.717, 1.165) is 0 Å². The van der Waals surface area contributed by atoms with Crippen LogP contribution < -0.4 is 0 Å². The topological polar surface area (TPSA) is 42.9 Å². The van der Waals surface area contributed by atoms with Gasteiger partial charge < -0.3 is 0 Å². The van der Waals surface area contributed by atoms with Crippen LogP contribution in [-0.4, -0.2) is 16.3 Å². The van der Waals surface area contributed by atoms with E-state index in [-0.39, 0.29) is 0 Å². The molecule has 50 valence electrons. The average Bonchev–Trinajstić information content (AvgIpc) is 2.05. The fourth-order valence-electron chi connectivity index (χ4n) is 0.533. The van der Waals surface area contributed by atoms with E-state index in [2.05, 4.69) is 16.5 Å². The molecule has 0 saturated heterocycles. The molecule has 0 aliphatic heterocycles. The first kappa shape index (κ1) is 6.61. The zero-order valence-electron chi connectivity index (χ0n) is 5.32. The van der Waals surface area contributed by atoms with Gasteiger partial charge in [0.1, 0.15) is 12.6 Å². The van der Waals surface area contributed by atoms with Crippen LogP contribution in [0, 0.1) is 0 Å². The summed E-state index contributed by atoms with van der Waals surface area (Å²) in [6.45, 7) is 3.50. The Labute approximate surface area is 58.4 Å². The van der Waals surface area contributed by atoms with E-state index in [1.807, 2.05) is 0 Å². The van der Waals surface area contributed by atoms with Crippen LogP contribution in [0.2, 0.25) is 0 Å². The Hall–Kier alpha value is -1.51. The van der Waals surface area contributed by atoms with Crippen molar-refractivity contribution in [2.75, 3.05) is 0 Å². The second kappa shape index (κ2) is 2.87. The third-order valence-corrected chi connectivity index (χ3v) is 1.07. The molecule has 3 heteroatoms. The van der Waals surface area contributed by atoms with Gasteiger partial charge in [0.05, 0.1) is 0 Å². The minimum atomic E-state index is 0.403.